The number of allylic oxidation sites excluding steroid dienone is 1. The third-order valence-corrected chi connectivity index (χ3v) is 1.24. The van der Waals surface area contributed by atoms with E-state index >= 15 is 0 Å². The van der Waals surface area contributed by atoms with Crippen LogP contribution in [0, 0.1) is 11.3 Å². The highest BCUT2D eigenvalue weighted by molar-refractivity contribution is 5.96. The topological polar surface area (TPSA) is 78.9 Å². The third kappa shape index (κ3) is 2.88. The number of nitrogens with one attached hydrogen (secondary N) is 1. The smallest absolute Gasteiger partial charge is 0.261 e. The maximum atomic E-state index is 10.6. The van der Waals surface area contributed by atoms with E-state index in [2.05, 4.69) is 11.9 Å². The summed E-state index contributed by atoms with van der Waals surface area (Å²) in [7, 11) is 0. The number of nitrogens with two attached hydrogens (primary N) is 1. The van der Waals surface area contributed by atoms with Crippen LogP contribution < -0.4 is 11.1 Å². The predicted molar refractivity (Wildman–Crippen MR) is 45.7 cm³/mol. The van der Waals surface area contributed by atoms with Gasteiger partial charge in [-0.3, -0.25) is 4.79 Å². The second kappa shape index (κ2) is 4.97. The van der Waals surface area contributed by atoms with Crippen molar-refractivity contribution in [3.8, 4) is 6.07 Å². The van der Waals surface area contributed by atoms with E-state index < -0.39 is 5.91 Å². The zero-order valence-corrected chi connectivity index (χ0v) is 6.92. The van der Waals surface area contributed by atoms with E-state index in [4.69, 9.17) is 11.0 Å². The highest BCUT2D eigenvalue weighted by Gasteiger charge is 2.06. The molecule has 0 aromatic heterocycles. The molecule has 0 aliphatic carbocycles. The van der Waals surface area contributed by atoms with Gasteiger partial charge >= 0.3 is 0 Å². The van der Waals surface area contributed by atoms with Crippen molar-refractivity contribution < 1.29 is 4.79 Å². The lowest BCUT2D eigenvalue weighted by molar-refractivity contribution is -0.114. The summed E-state index contributed by atoms with van der Waals surface area (Å²) in [4.78, 5) is 10.6. The number of amides is 1. The third-order valence-electron chi connectivity index (χ3n) is 1.24. The van der Waals surface area contributed by atoms with Crippen molar-refractivity contribution in [1.82, 2.24) is 5.32 Å². The first-order valence-corrected chi connectivity index (χ1v) is 3.39. The first kappa shape index (κ1) is 10.2. The number of nitrogens with zero attached hydrogens (tertiary/aromatic N) is 1. The number of hydrogen-bond acceptors (Lipinski definition) is 3. The van der Waals surface area contributed by atoms with Gasteiger partial charge < -0.3 is 11.1 Å². The number of nitriles is 1. The molecule has 0 fully saturated rings. The van der Waals surface area contributed by atoms with Gasteiger partial charge in [-0.25, -0.2) is 0 Å². The van der Waals surface area contributed by atoms with Gasteiger partial charge in [-0.05, 0) is 6.92 Å². The summed E-state index contributed by atoms with van der Waals surface area (Å²) in [5, 5.41) is 11.3. The van der Waals surface area contributed by atoms with Crippen LogP contribution in [0.1, 0.15) is 6.92 Å². The summed E-state index contributed by atoms with van der Waals surface area (Å²) in [6.45, 7) is 5.60. The Morgan fingerprint density at radius 2 is 2.42 bits per heavy atom. The Morgan fingerprint density at radius 1 is 1.83 bits per heavy atom. The van der Waals surface area contributed by atoms with E-state index in [1.165, 1.54) is 0 Å². The van der Waals surface area contributed by atoms with Crippen LogP contribution in [-0.2, 0) is 4.79 Å². The molecule has 4 heteroatoms. The molecule has 0 heterocycles. The second-order valence-corrected chi connectivity index (χ2v) is 2.15. The van der Waals surface area contributed by atoms with Gasteiger partial charge in [0.25, 0.3) is 5.91 Å². The van der Waals surface area contributed by atoms with Crippen LogP contribution in [-0.4, -0.2) is 12.5 Å². The molecule has 0 aliphatic heterocycles. The van der Waals surface area contributed by atoms with Crippen molar-refractivity contribution >= 4 is 5.91 Å². The fraction of sp³-hybridized carbons (Fsp3) is 0.250. The lowest BCUT2D eigenvalue weighted by Gasteiger charge is -2.03. The summed E-state index contributed by atoms with van der Waals surface area (Å²) in [5.41, 5.74) is 5.37. The molecule has 1 amide bonds. The maximum absolute atomic E-state index is 10.6. The quantitative estimate of drug-likeness (QED) is 0.351. The summed E-state index contributed by atoms with van der Waals surface area (Å²) < 4.78 is 0. The largest absolute Gasteiger partial charge is 0.384 e. The van der Waals surface area contributed by atoms with Crippen molar-refractivity contribution in [2.24, 2.45) is 5.73 Å². The predicted octanol–water partition coefficient (Wildman–Crippen LogP) is 0.0449. The molecule has 0 radical (unpaired) electrons. The molecule has 0 aromatic rings. The van der Waals surface area contributed by atoms with Gasteiger partial charge in [0.1, 0.15) is 11.6 Å². The molecule has 0 atom stereocenters. The molecule has 4 nitrogen and oxygen atoms in total. The van der Waals surface area contributed by atoms with Crippen molar-refractivity contribution in [3.63, 3.8) is 0 Å². The van der Waals surface area contributed by atoms with Gasteiger partial charge in [-0.15, -0.1) is 6.58 Å². The Hall–Kier alpha value is -1.76. The number of rotatable bonds is 4. The average Bonchev–Trinajstić information content (AvgIpc) is 2.01. The molecule has 3 N–H and O–H groups in total. The maximum Gasteiger partial charge on any atom is 0.261 e. The van der Waals surface area contributed by atoms with Crippen LogP contribution in [0.4, 0.5) is 0 Å². The number of carbonyl (C=O) groups excluding carboxylic acids is 1. The molecule has 0 spiro atoms. The zero-order chi connectivity index (χ0) is 9.56. The molecule has 0 saturated carbocycles. The molecule has 0 saturated heterocycles. The fourth-order valence-corrected chi connectivity index (χ4v) is 0.637. The molecule has 0 aliphatic rings. The number of carbonyl (C=O) groups is 1. The van der Waals surface area contributed by atoms with Crippen molar-refractivity contribution in [3.05, 3.63) is 23.9 Å². The van der Waals surface area contributed by atoms with Gasteiger partial charge in [0.2, 0.25) is 0 Å². The second-order valence-electron chi connectivity index (χ2n) is 2.15. The minimum Gasteiger partial charge on any atom is -0.384 e. The molecule has 64 valence electrons. The van der Waals surface area contributed by atoms with Crippen LogP contribution in [0.3, 0.4) is 0 Å². The van der Waals surface area contributed by atoms with Crippen LogP contribution in [0.5, 0.6) is 0 Å². The van der Waals surface area contributed by atoms with E-state index in [9.17, 15) is 4.79 Å². The fourth-order valence-electron chi connectivity index (χ4n) is 0.637. The minimum atomic E-state index is -0.716. The normalized spacial score (nSPS) is 11.0. The summed E-state index contributed by atoms with van der Waals surface area (Å²) >= 11 is 0. The van der Waals surface area contributed by atoms with Crippen molar-refractivity contribution in [1.29, 1.82) is 5.26 Å². The van der Waals surface area contributed by atoms with Gasteiger partial charge in [0, 0.05) is 12.2 Å². The Kier molecular flexibility index (Phi) is 4.24. The van der Waals surface area contributed by atoms with Crippen LogP contribution in [0.25, 0.3) is 0 Å². The first-order chi connectivity index (χ1) is 5.63. The SMILES string of the molecule is C=CCN/C(C)=C(\C#N)C(N)=O. The highest BCUT2D eigenvalue weighted by atomic mass is 16.1. The van der Waals surface area contributed by atoms with Gasteiger partial charge in [-0.1, -0.05) is 6.08 Å². The molecule has 0 bridgehead atoms. The average molecular weight is 165 g/mol. The van der Waals surface area contributed by atoms with Crippen molar-refractivity contribution in [2.75, 3.05) is 6.54 Å². The summed E-state index contributed by atoms with van der Waals surface area (Å²) in [5.74, 6) is -0.716. The minimum absolute atomic E-state index is 0.0446. The van der Waals surface area contributed by atoms with Crippen LogP contribution in [0.2, 0.25) is 0 Å². The van der Waals surface area contributed by atoms with Crippen LogP contribution >= 0.6 is 0 Å². The lowest BCUT2D eigenvalue weighted by Crippen LogP contribution is -2.20. The van der Waals surface area contributed by atoms with Gasteiger partial charge in [0.15, 0.2) is 0 Å². The Labute approximate surface area is 71.4 Å². The summed E-state index contributed by atoms with van der Waals surface area (Å²) in [6.07, 6.45) is 1.62. The zero-order valence-electron chi connectivity index (χ0n) is 6.92. The van der Waals surface area contributed by atoms with E-state index in [0.29, 0.717) is 12.2 Å². The summed E-state index contributed by atoms with van der Waals surface area (Å²) in [6, 6.07) is 1.72. The van der Waals surface area contributed by atoms with Gasteiger partial charge in [0.05, 0.1) is 0 Å². The monoisotopic (exact) mass is 165 g/mol. The standard InChI is InChI=1S/C8H11N3O/c1-3-4-11-6(2)7(5-9)8(10)12/h3,11H,1,4H2,2H3,(H2,10,12)/b7-6+. The highest BCUT2D eigenvalue weighted by Crippen LogP contribution is 1.97. The van der Waals surface area contributed by atoms with Gasteiger partial charge in [-0.2, -0.15) is 5.26 Å². The van der Waals surface area contributed by atoms with E-state index in [1.54, 1.807) is 19.1 Å². The molecule has 0 aromatic carbocycles. The lowest BCUT2D eigenvalue weighted by atomic mass is 10.2. The number of hydrogen-bond donors (Lipinski definition) is 2. The molecule has 0 rings (SSSR count). The first-order valence-electron chi connectivity index (χ1n) is 3.39. The van der Waals surface area contributed by atoms with Crippen LogP contribution in [0.15, 0.2) is 23.9 Å². The molecular weight excluding hydrogens is 154 g/mol. The Balaban J connectivity index is 4.52. The molecular formula is C8H11N3O. The Morgan fingerprint density at radius 3 is 2.75 bits per heavy atom. The number of primary amides is 1. The Bertz CT molecular complexity index is 260. The molecule has 0 unspecified atom stereocenters. The molecule has 12 heavy (non-hydrogen) atoms. The van der Waals surface area contributed by atoms with E-state index in [0.717, 1.165) is 0 Å². The van der Waals surface area contributed by atoms with Crippen molar-refractivity contribution in [2.45, 2.75) is 6.92 Å². The van der Waals surface area contributed by atoms with E-state index in [1.807, 2.05) is 0 Å². The van der Waals surface area contributed by atoms with E-state index in [-0.39, 0.29) is 5.57 Å².